The zero-order valence-corrected chi connectivity index (χ0v) is 12.1. The smallest absolute Gasteiger partial charge is 0.328 e. The molecular formula is C14H20N4O3. The monoisotopic (exact) mass is 292 g/mol. The maximum atomic E-state index is 12.5. The van der Waals surface area contributed by atoms with E-state index in [-0.39, 0.29) is 5.91 Å². The molecule has 2 aliphatic heterocycles. The van der Waals surface area contributed by atoms with Crippen molar-refractivity contribution in [3.05, 3.63) is 18.0 Å². The predicted molar refractivity (Wildman–Crippen MR) is 75.1 cm³/mol. The summed E-state index contributed by atoms with van der Waals surface area (Å²) in [5.74, 6) is -1.06. The summed E-state index contributed by atoms with van der Waals surface area (Å²) in [5, 5.41) is 13.1. The van der Waals surface area contributed by atoms with E-state index in [9.17, 15) is 9.59 Å². The summed E-state index contributed by atoms with van der Waals surface area (Å²) in [7, 11) is 0. The lowest BCUT2D eigenvalue weighted by molar-refractivity contribution is -0.140. The molecule has 2 unspecified atom stereocenters. The minimum atomic E-state index is -0.961. The second-order valence-electron chi connectivity index (χ2n) is 5.78. The molecule has 7 nitrogen and oxygen atoms in total. The van der Waals surface area contributed by atoms with Crippen LogP contribution < -0.4 is 0 Å². The van der Waals surface area contributed by atoms with E-state index < -0.39 is 12.0 Å². The Morgan fingerprint density at radius 2 is 2.19 bits per heavy atom. The fourth-order valence-electron chi connectivity index (χ4n) is 3.12. The standard InChI is InChI=1S/C14H20N4O3/c1-10(14(20)21)18-6-4-12(15-18)13(19)17-8-7-16-5-2-3-11(16)9-17/h4,6,10-11H,2-3,5,7-9H2,1H3,(H,20,21). The second kappa shape index (κ2) is 5.48. The summed E-state index contributed by atoms with van der Waals surface area (Å²) < 4.78 is 1.32. The zero-order valence-electron chi connectivity index (χ0n) is 12.1. The van der Waals surface area contributed by atoms with Crippen molar-refractivity contribution in [2.45, 2.75) is 31.8 Å². The first-order valence-corrected chi connectivity index (χ1v) is 7.37. The van der Waals surface area contributed by atoms with Crippen molar-refractivity contribution in [3.63, 3.8) is 0 Å². The summed E-state index contributed by atoms with van der Waals surface area (Å²) in [6.45, 7) is 5.07. The Hall–Kier alpha value is -1.89. The molecule has 7 heteroatoms. The molecule has 21 heavy (non-hydrogen) atoms. The summed E-state index contributed by atoms with van der Waals surface area (Å²) in [6.07, 6.45) is 3.91. The van der Waals surface area contributed by atoms with E-state index in [0.717, 1.165) is 32.6 Å². The van der Waals surface area contributed by atoms with E-state index in [2.05, 4.69) is 10.00 Å². The second-order valence-corrected chi connectivity index (χ2v) is 5.78. The molecule has 3 heterocycles. The number of carbonyl (C=O) groups excluding carboxylic acids is 1. The number of carboxylic acids is 1. The van der Waals surface area contributed by atoms with Crippen molar-refractivity contribution in [2.24, 2.45) is 0 Å². The van der Waals surface area contributed by atoms with Crippen LogP contribution in [0.3, 0.4) is 0 Å². The predicted octanol–water partition coefficient (Wildman–Crippen LogP) is 0.449. The van der Waals surface area contributed by atoms with Crippen molar-refractivity contribution >= 4 is 11.9 Å². The fourth-order valence-corrected chi connectivity index (χ4v) is 3.12. The number of hydrogen-bond donors (Lipinski definition) is 1. The molecule has 1 aromatic rings. The molecule has 1 aromatic heterocycles. The third-order valence-electron chi connectivity index (χ3n) is 4.46. The Kier molecular flexibility index (Phi) is 3.67. The number of nitrogens with zero attached hydrogens (tertiary/aromatic N) is 4. The normalized spacial score (nSPS) is 23.9. The van der Waals surface area contributed by atoms with Crippen molar-refractivity contribution in [1.29, 1.82) is 0 Å². The SMILES string of the molecule is CC(C(=O)O)n1ccc(C(=O)N2CCN3CCCC3C2)n1. The lowest BCUT2D eigenvalue weighted by Gasteiger charge is -2.37. The number of piperazine rings is 1. The highest BCUT2D eigenvalue weighted by Gasteiger charge is 2.33. The lowest BCUT2D eigenvalue weighted by Crippen LogP contribution is -2.52. The molecule has 0 aromatic carbocycles. The molecule has 3 rings (SSSR count). The highest BCUT2D eigenvalue weighted by Crippen LogP contribution is 2.22. The van der Waals surface area contributed by atoms with Crippen LogP contribution in [0.4, 0.5) is 0 Å². The average molecular weight is 292 g/mol. The highest BCUT2D eigenvalue weighted by atomic mass is 16.4. The van der Waals surface area contributed by atoms with Crippen LogP contribution in [0.5, 0.6) is 0 Å². The zero-order chi connectivity index (χ0) is 15.0. The number of aliphatic carboxylic acids is 1. The number of aromatic nitrogens is 2. The first kappa shape index (κ1) is 14.1. The van der Waals surface area contributed by atoms with Gasteiger partial charge in [-0.3, -0.25) is 14.4 Å². The number of amides is 1. The van der Waals surface area contributed by atoms with Gasteiger partial charge in [-0.05, 0) is 32.4 Å². The van der Waals surface area contributed by atoms with Crippen LogP contribution in [-0.2, 0) is 4.79 Å². The topological polar surface area (TPSA) is 78.7 Å². The van der Waals surface area contributed by atoms with E-state index >= 15 is 0 Å². The third kappa shape index (κ3) is 2.65. The minimum absolute atomic E-state index is 0.0992. The van der Waals surface area contributed by atoms with Crippen molar-refractivity contribution in [2.75, 3.05) is 26.2 Å². The molecule has 1 N–H and O–H groups in total. The van der Waals surface area contributed by atoms with Gasteiger partial charge < -0.3 is 10.0 Å². The molecule has 2 atom stereocenters. The van der Waals surface area contributed by atoms with Crippen molar-refractivity contribution < 1.29 is 14.7 Å². The molecule has 0 bridgehead atoms. The molecule has 0 saturated carbocycles. The molecule has 0 spiro atoms. The Morgan fingerprint density at radius 3 is 2.95 bits per heavy atom. The van der Waals surface area contributed by atoms with Crippen LogP contribution in [0.25, 0.3) is 0 Å². The first-order chi connectivity index (χ1) is 10.1. The quantitative estimate of drug-likeness (QED) is 0.875. The van der Waals surface area contributed by atoms with Gasteiger partial charge in [0.15, 0.2) is 0 Å². The van der Waals surface area contributed by atoms with Crippen LogP contribution in [0.15, 0.2) is 12.3 Å². The van der Waals surface area contributed by atoms with Gasteiger partial charge in [0, 0.05) is 31.9 Å². The number of fused-ring (bicyclic) bond motifs is 1. The number of carbonyl (C=O) groups is 2. The van der Waals surface area contributed by atoms with Gasteiger partial charge in [0.25, 0.3) is 5.91 Å². The Bertz CT molecular complexity index is 556. The molecule has 2 saturated heterocycles. The summed E-state index contributed by atoms with van der Waals surface area (Å²) >= 11 is 0. The van der Waals surface area contributed by atoms with E-state index in [0.29, 0.717) is 11.7 Å². The van der Waals surface area contributed by atoms with Gasteiger partial charge in [-0.25, -0.2) is 4.79 Å². The molecule has 2 aliphatic rings. The first-order valence-electron chi connectivity index (χ1n) is 7.37. The van der Waals surface area contributed by atoms with Gasteiger partial charge in [-0.1, -0.05) is 0 Å². The van der Waals surface area contributed by atoms with Crippen LogP contribution in [0.1, 0.15) is 36.3 Å². The van der Waals surface area contributed by atoms with Gasteiger partial charge in [0.1, 0.15) is 11.7 Å². The van der Waals surface area contributed by atoms with E-state index in [1.165, 1.54) is 11.1 Å². The Labute approximate surface area is 123 Å². The Balaban J connectivity index is 1.69. The van der Waals surface area contributed by atoms with Crippen molar-refractivity contribution in [1.82, 2.24) is 19.6 Å². The fraction of sp³-hybridized carbons (Fsp3) is 0.643. The van der Waals surface area contributed by atoms with Gasteiger partial charge in [0.2, 0.25) is 0 Å². The van der Waals surface area contributed by atoms with Gasteiger partial charge in [-0.2, -0.15) is 5.10 Å². The largest absolute Gasteiger partial charge is 0.480 e. The van der Waals surface area contributed by atoms with E-state index in [4.69, 9.17) is 5.11 Å². The molecule has 1 amide bonds. The average Bonchev–Trinajstić information content (AvgIpc) is 3.13. The van der Waals surface area contributed by atoms with Crippen LogP contribution in [0, 0.1) is 0 Å². The maximum Gasteiger partial charge on any atom is 0.328 e. The van der Waals surface area contributed by atoms with E-state index in [1.807, 2.05) is 4.90 Å². The van der Waals surface area contributed by atoms with E-state index in [1.54, 1.807) is 19.2 Å². The van der Waals surface area contributed by atoms with Crippen LogP contribution in [-0.4, -0.2) is 68.8 Å². The molecule has 0 aliphatic carbocycles. The summed E-state index contributed by atoms with van der Waals surface area (Å²) in [4.78, 5) is 27.7. The van der Waals surface area contributed by atoms with Gasteiger partial charge >= 0.3 is 5.97 Å². The van der Waals surface area contributed by atoms with Gasteiger partial charge in [-0.15, -0.1) is 0 Å². The van der Waals surface area contributed by atoms with Crippen LogP contribution in [0.2, 0.25) is 0 Å². The minimum Gasteiger partial charge on any atom is -0.480 e. The van der Waals surface area contributed by atoms with Crippen molar-refractivity contribution in [3.8, 4) is 0 Å². The Morgan fingerprint density at radius 1 is 1.38 bits per heavy atom. The number of hydrogen-bond acceptors (Lipinski definition) is 4. The summed E-state index contributed by atoms with van der Waals surface area (Å²) in [5.41, 5.74) is 0.328. The number of rotatable bonds is 3. The third-order valence-corrected chi connectivity index (χ3v) is 4.46. The number of carboxylic acid groups (broad SMARTS) is 1. The molecular weight excluding hydrogens is 272 g/mol. The molecule has 114 valence electrons. The molecule has 2 fully saturated rings. The highest BCUT2D eigenvalue weighted by molar-refractivity contribution is 5.92. The lowest BCUT2D eigenvalue weighted by atomic mass is 10.1. The maximum absolute atomic E-state index is 12.5. The molecule has 0 radical (unpaired) electrons. The van der Waals surface area contributed by atoms with Crippen LogP contribution >= 0.6 is 0 Å². The van der Waals surface area contributed by atoms with Gasteiger partial charge in [0.05, 0.1) is 0 Å². The summed E-state index contributed by atoms with van der Waals surface area (Å²) in [6, 6.07) is 1.31.